The zero-order valence-corrected chi connectivity index (χ0v) is 8.76. The summed E-state index contributed by atoms with van der Waals surface area (Å²) in [6, 6.07) is 0.0208. The van der Waals surface area contributed by atoms with E-state index in [9.17, 15) is 4.79 Å². The highest BCUT2D eigenvalue weighted by Crippen LogP contribution is 2.22. The summed E-state index contributed by atoms with van der Waals surface area (Å²) in [6.07, 6.45) is 0. The van der Waals surface area contributed by atoms with Crippen molar-refractivity contribution in [3.63, 3.8) is 0 Å². The molecule has 0 bridgehead atoms. The molecule has 1 rings (SSSR count). The largest absolute Gasteiger partial charge is 0.464 e. The number of hydrogen-bond donors (Lipinski definition) is 1. The molecule has 1 aromatic rings. The van der Waals surface area contributed by atoms with E-state index in [2.05, 4.69) is 9.97 Å². The van der Waals surface area contributed by atoms with Crippen LogP contribution in [0.2, 0.25) is 10.3 Å². The van der Waals surface area contributed by atoms with Gasteiger partial charge in [0.25, 0.3) is 5.91 Å². The second-order valence-corrected chi connectivity index (χ2v) is 2.98. The van der Waals surface area contributed by atoms with Gasteiger partial charge in [-0.3, -0.25) is 4.79 Å². The Morgan fingerprint density at radius 1 is 1.43 bits per heavy atom. The molecule has 0 radical (unpaired) electrons. The molecule has 7 heteroatoms. The summed E-state index contributed by atoms with van der Waals surface area (Å²) in [5.41, 5.74) is 4.91. The van der Waals surface area contributed by atoms with Crippen molar-refractivity contribution in [2.45, 2.75) is 6.92 Å². The third kappa shape index (κ3) is 2.24. The van der Waals surface area contributed by atoms with E-state index in [4.69, 9.17) is 33.7 Å². The van der Waals surface area contributed by atoms with E-state index in [1.54, 1.807) is 6.92 Å². The first kappa shape index (κ1) is 11.0. The summed E-state index contributed by atoms with van der Waals surface area (Å²) in [4.78, 5) is 18.2. The molecular formula is C7H7Cl2N3O2. The highest BCUT2D eigenvalue weighted by atomic mass is 35.5. The number of aromatic nitrogens is 2. The smallest absolute Gasteiger partial charge is 0.319 e. The van der Waals surface area contributed by atoms with Crippen molar-refractivity contribution < 1.29 is 9.53 Å². The number of carbonyl (C=O) groups excluding carboxylic acids is 1. The van der Waals surface area contributed by atoms with Gasteiger partial charge in [0.1, 0.15) is 5.56 Å². The van der Waals surface area contributed by atoms with Gasteiger partial charge in [0.15, 0.2) is 10.3 Å². The first-order chi connectivity index (χ1) is 6.56. The van der Waals surface area contributed by atoms with E-state index in [-0.39, 0.29) is 21.9 Å². The second kappa shape index (κ2) is 4.43. The van der Waals surface area contributed by atoms with Crippen LogP contribution >= 0.6 is 23.2 Å². The Hall–Kier alpha value is -1.07. The molecule has 0 atom stereocenters. The topological polar surface area (TPSA) is 78.1 Å². The average molecular weight is 236 g/mol. The fourth-order valence-electron chi connectivity index (χ4n) is 0.787. The van der Waals surface area contributed by atoms with E-state index >= 15 is 0 Å². The molecule has 76 valence electrons. The molecule has 2 N–H and O–H groups in total. The van der Waals surface area contributed by atoms with Gasteiger partial charge in [0, 0.05) is 0 Å². The number of carbonyl (C=O) groups is 1. The first-order valence-electron chi connectivity index (χ1n) is 3.72. The Morgan fingerprint density at radius 3 is 2.29 bits per heavy atom. The van der Waals surface area contributed by atoms with Crippen molar-refractivity contribution in [3.05, 3.63) is 15.9 Å². The highest BCUT2D eigenvalue weighted by molar-refractivity contribution is 6.38. The lowest BCUT2D eigenvalue weighted by Gasteiger charge is -2.04. The van der Waals surface area contributed by atoms with Gasteiger partial charge in [0.2, 0.25) is 0 Å². The van der Waals surface area contributed by atoms with Gasteiger partial charge in [-0.1, -0.05) is 23.2 Å². The zero-order chi connectivity index (χ0) is 10.7. The summed E-state index contributed by atoms with van der Waals surface area (Å²) in [5, 5.41) is -0.220. The Bertz CT molecular complexity index is 347. The molecule has 0 aliphatic rings. The van der Waals surface area contributed by atoms with E-state index < -0.39 is 5.91 Å². The Kier molecular flexibility index (Phi) is 3.49. The number of nitrogens with zero attached hydrogens (tertiary/aromatic N) is 2. The molecule has 0 aromatic carbocycles. The lowest BCUT2D eigenvalue weighted by molar-refractivity contribution is 0.0999. The highest BCUT2D eigenvalue weighted by Gasteiger charge is 2.16. The zero-order valence-electron chi connectivity index (χ0n) is 7.25. The van der Waals surface area contributed by atoms with E-state index in [1.807, 2.05) is 0 Å². The molecular weight excluding hydrogens is 229 g/mol. The van der Waals surface area contributed by atoms with E-state index in [0.717, 1.165) is 0 Å². The number of nitrogens with two attached hydrogens (primary N) is 1. The van der Waals surface area contributed by atoms with Crippen LogP contribution in [0.15, 0.2) is 0 Å². The number of primary amides is 1. The molecule has 0 spiro atoms. The van der Waals surface area contributed by atoms with E-state index in [1.165, 1.54) is 0 Å². The van der Waals surface area contributed by atoms with Gasteiger partial charge in [-0.05, 0) is 6.92 Å². The van der Waals surface area contributed by atoms with Crippen LogP contribution in [0.5, 0.6) is 6.01 Å². The summed E-state index contributed by atoms with van der Waals surface area (Å²) in [7, 11) is 0. The van der Waals surface area contributed by atoms with Crippen LogP contribution in [-0.2, 0) is 0 Å². The molecule has 0 unspecified atom stereocenters. The fraction of sp³-hybridized carbons (Fsp3) is 0.286. The van der Waals surface area contributed by atoms with E-state index in [0.29, 0.717) is 6.61 Å². The van der Waals surface area contributed by atoms with Gasteiger partial charge in [-0.15, -0.1) is 0 Å². The van der Waals surface area contributed by atoms with Crippen LogP contribution in [0.25, 0.3) is 0 Å². The lowest BCUT2D eigenvalue weighted by Crippen LogP contribution is -2.14. The Balaban J connectivity index is 3.18. The van der Waals surface area contributed by atoms with Crippen LogP contribution < -0.4 is 10.5 Å². The third-order valence-corrected chi connectivity index (χ3v) is 1.87. The minimum absolute atomic E-state index is 0.0208. The molecule has 0 saturated carbocycles. The quantitative estimate of drug-likeness (QED) is 0.801. The normalized spacial score (nSPS) is 9.93. The number of hydrogen-bond acceptors (Lipinski definition) is 4. The first-order valence-corrected chi connectivity index (χ1v) is 4.47. The number of halogens is 2. The van der Waals surface area contributed by atoms with Crippen molar-refractivity contribution >= 4 is 29.1 Å². The Morgan fingerprint density at radius 2 is 1.93 bits per heavy atom. The summed E-state index contributed by atoms with van der Waals surface area (Å²) < 4.78 is 4.96. The van der Waals surface area contributed by atoms with Crippen molar-refractivity contribution in [2.75, 3.05) is 6.61 Å². The van der Waals surface area contributed by atoms with Crippen LogP contribution in [0, 0.1) is 0 Å². The van der Waals surface area contributed by atoms with Crippen molar-refractivity contribution in [3.8, 4) is 6.01 Å². The summed E-state index contributed by atoms with van der Waals surface area (Å²) in [5.74, 6) is -0.775. The van der Waals surface area contributed by atoms with Gasteiger partial charge in [-0.2, -0.15) is 9.97 Å². The molecule has 1 aromatic heterocycles. The minimum Gasteiger partial charge on any atom is -0.464 e. The summed E-state index contributed by atoms with van der Waals surface area (Å²) in [6.45, 7) is 2.13. The molecule has 5 nitrogen and oxygen atoms in total. The standard InChI is InChI=1S/C7H7Cl2N3O2/c1-2-14-7-11-4(8)3(6(10)13)5(9)12-7/h2H2,1H3,(H2,10,13). The Labute approximate surface area is 90.2 Å². The molecule has 1 heterocycles. The lowest BCUT2D eigenvalue weighted by atomic mass is 10.3. The summed E-state index contributed by atoms with van der Waals surface area (Å²) >= 11 is 11.3. The van der Waals surface area contributed by atoms with Crippen molar-refractivity contribution in [1.29, 1.82) is 0 Å². The number of rotatable bonds is 3. The number of ether oxygens (including phenoxy) is 1. The average Bonchev–Trinajstić information content (AvgIpc) is 2.01. The maximum absolute atomic E-state index is 10.8. The predicted molar refractivity (Wildman–Crippen MR) is 51.7 cm³/mol. The van der Waals surface area contributed by atoms with Crippen LogP contribution in [0.3, 0.4) is 0 Å². The van der Waals surface area contributed by atoms with Gasteiger partial charge < -0.3 is 10.5 Å². The monoisotopic (exact) mass is 235 g/mol. The molecule has 0 fully saturated rings. The van der Waals surface area contributed by atoms with Crippen LogP contribution in [0.1, 0.15) is 17.3 Å². The van der Waals surface area contributed by atoms with Crippen molar-refractivity contribution in [2.24, 2.45) is 5.73 Å². The molecule has 1 amide bonds. The minimum atomic E-state index is -0.775. The maximum Gasteiger partial charge on any atom is 0.319 e. The van der Waals surface area contributed by atoms with Gasteiger partial charge in [0.05, 0.1) is 6.61 Å². The second-order valence-electron chi connectivity index (χ2n) is 2.26. The fourth-order valence-corrected chi connectivity index (χ4v) is 1.35. The SMILES string of the molecule is CCOc1nc(Cl)c(C(N)=O)c(Cl)n1. The molecule has 14 heavy (non-hydrogen) atoms. The predicted octanol–water partition coefficient (Wildman–Crippen LogP) is 1.28. The molecule has 0 aliphatic carbocycles. The molecule has 0 saturated heterocycles. The van der Waals surface area contributed by atoms with Crippen molar-refractivity contribution in [1.82, 2.24) is 9.97 Å². The number of amides is 1. The molecule has 0 aliphatic heterocycles. The maximum atomic E-state index is 10.8. The van der Waals surface area contributed by atoms with Gasteiger partial charge >= 0.3 is 6.01 Å². The third-order valence-electron chi connectivity index (χ3n) is 1.32. The van der Waals surface area contributed by atoms with Crippen LogP contribution in [-0.4, -0.2) is 22.5 Å². The van der Waals surface area contributed by atoms with Crippen LogP contribution in [0.4, 0.5) is 0 Å². The van der Waals surface area contributed by atoms with Gasteiger partial charge in [-0.25, -0.2) is 0 Å².